The Balaban J connectivity index is 2.36. The summed E-state index contributed by atoms with van der Waals surface area (Å²) in [4.78, 5) is 36.4. The fourth-order valence-electron chi connectivity index (χ4n) is 2.34. The van der Waals surface area contributed by atoms with Gasteiger partial charge in [-0.2, -0.15) is 0 Å². The van der Waals surface area contributed by atoms with Gasteiger partial charge in [-0.05, 0) is 25.7 Å². The third-order valence-electron chi connectivity index (χ3n) is 3.64. The second-order valence-corrected chi connectivity index (χ2v) is 6.55. The van der Waals surface area contributed by atoms with Crippen molar-refractivity contribution in [3.63, 3.8) is 0 Å². The zero-order chi connectivity index (χ0) is 16.0. The molecule has 6 heteroatoms. The Hall–Kier alpha value is -1.59. The lowest BCUT2D eigenvalue weighted by Crippen LogP contribution is -2.48. The van der Waals surface area contributed by atoms with Crippen molar-refractivity contribution in [2.24, 2.45) is 5.41 Å². The molecule has 1 aliphatic heterocycles. The number of carbonyl (C=O) groups excluding carboxylic acids is 2. The van der Waals surface area contributed by atoms with Crippen LogP contribution in [0.1, 0.15) is 52.9 Å². The average molecular weight is 298 g/mol. The molecule has 1 heterocycles. The lowest BCUT2D eigenvalue weighted by Gasteiger charge is -2.33. The highest BCUT2D eigenvalue weighted by atomic mass is 16.4. The quantitative estimate of drug-likeness (QED) is 0.751. The van der Waals surface area contributed by atoms with Gasteiger partial charge in [0.1, 0.15) is 6.04 Å². The number of hydrogen-bond acceptors (Lipinski definition) is 3. The Morgan fingerprint density at radius 3 is 2.48 bits per heavy atom. The maximum atomic E-state index is 12.1. The number of rotatable bonds is 5. The third kappa shape index (κ3) is 5.36. The van der Waals surface area contributed by atoms with Crippen LogP contribution in [0.3, 0.4) is 0 Å². The van der Waals surface area contributed by atoms with E-state index in [1.165, 1.54) is 4.90 Å². The van der Waals surface area contributed by atoms with Crippen molar-refractivity contribution in [3.8, 4) is 0 Å². The van der Waals surface area contributed by atoms with Gasteiger partial charge in [-0.3, -0.25) is 9.59 Å². The topological polar surface area (TPSA) is 86.7 Å². The SMILES string of the molecule is CC(C)(C)C(=O)NCCCC(=O)N1CCCC[C@@H]1C(=O)O. The molecule has 1 fully saturated rings. The molecule has 0 spiro atoms. The van der Waals surface area contributed by atoms with Gasteiger partial charge in [0.15, 0.2) is 0 Å². The zero-order valence-electron chi connectivity index (χ0n) is 13.1. The van der Waals surface area contributed by atoms with Crippen LogP contribution >= 0.6 is 0 Å². The molecule has 0 aliphatic carbocycles. The van der Waals surface area contributed by atoms with Crippen molar-refractivity contribution in [1.29, 1.82) is 0 Å². The van der Waals surface area contributed by atoms with E-state index < -0.39 is 17.4 Å². The predicted octanol–water partition coefficient (Wildman–Crippen LogP) is 1.39. The van der Waals surface area contributed by atoms with Crippen LogP contribution in [-0.4, -0.2) is 46.9 Å². The van der Waals surface area contributed by atoms with E-state index in [1.54, 1.807) is 0 Å². The molecule has 0 saturated carbocycles. The Morgan fingerprint density at radius 1 is 1.24 bits per heavy atom. The summed E-state index contributed by atoms with van der Waals surface area (Å²) >= 11 is 0. The van der Waals surface area contributed by atoms with Gasteiger partial charge in [0.25, 0.3) is 0 Å². The molecule has 1 rings (SSSR count). The molecule has 0 bridgehead atoms. The smallest absolute Gasteiger partial charge is 0.326 e. The molecule has 120 valence electrons. The molecule has 1 saturated heterocycles. The van der Waals surface area contributed by atoms with E-state index in [9.17, 15) is 14.4 Å². The molecule has 1 aliphatic rings. The van der Waals surface area contributed by atoms with Crippen molar-refractivity contribution < 1.29 is 19.5 Å². The number of carboxylic acids is 1. The Morgan fingerprint density at radius 2 is 1.90 bits per heavy atom. The second kappa shape index (κ2) is 7.43. The van der Waals surface area contributed by atoms with Gasteiger partial charge in [-0.25, -0.2) is 4.79 Å². The van der Waals surface area contributed by atoms with Crippen LogP contribution in [0.4, 0.5) is 0 Å². The molecular weight excluding hydrogens is 272 g/mol. The number of nitrogens with zero attached hydrogens (tertiary/aromatic N) is 1. The first-order valence-electron chi connectivity index (χ1n) is 7.54. The lowest BCUT2D eigenvalue weighted by molar-refractivity contribution is -0.152. The average Bonchev–Trinajstić information content (AvgIpc) is 2.41. The van der Waals surface area contributed by atoms with Crippen LogP contribution in [0.15, 0.2) is 0 Å². The van der Waals surface area contributed by atoms with Gasteiger partial charge in [0, 0.05) is 24.9 Å². The number of amides is 2. The van der Waals surface area contributed by atoms with Gasteiger partial charge >= 0.3 is 5.97 Å². The fraction of sp³-hybridized carbons (Fsp3) is 0.800. The standard InChI is InChI=1S/C15H26N2O4/c1-15(2,3)14(21)16-9-6-8-12(18)17-10-5-4-7-11(17)13(19)20/h11H,4-10H2,1-3H3,(H,16,21)(H,19,20)/t11-/m1/s1. The zero-order valence-corrected chi connectivity index (χ0v) is 13.1. The number of piperidine rings is 1. The van der Waals surface area contributed by atoms with Crippen LogP contribution in [-0.2, 0) is 14.4 Å². The van der Waals surface area contributed by atoms with Crippen LogP contribution in [0.25, 0.3) is 0 Å². The highest BCUT2D eigenvalue weighted by Gasteiger charge is 2.31. The lowest BCUT2D eigenvalue weighted by atomic mass is 9.96. The first kappa shape index (κ1) is 17.5. The number of hydrogen-bond donors (Lipinski definition) is 2. The number of likely N-dealkylation sites (tertiary alicyclic amines) is 1. The molecule has 0 aromatic carbocycles. The monoisotopic (exact) mass is 298 g/mol. The van der Waals surface area contributed by atoms with Crippen molar-refractivity contribution in [3.05, 3.63) is 0 Å². The first-order chi connectivity index (χ1) is 9.73. The summed E-state index contributed by atoms with van der Waals surface area (Å²) in [6.07, 6.45) is 3.04. The molecule has 0 unspecified atom stereocenters. The van der Waals surface area contributed by atoms with Crippen molar-refractivity contribution >= 4 is 17.8 Å². The van der Waals surface area contributed by atoms with Gasteiger partial charge in [0.2, 0.25) is 11.8 Å². The minimum atomic E-state index is -0.927. The highest BCUT2D eigenvalue weighted by molar-refractivity contribution is 5.84. The third-order valence-corrected chi connectivity index (χ3v) is 3.64. The molecule has 21 heavy (non-hydrogen) atoms. The van der Waals surface area contributed by atoms with Crippen LogP contribution < -0.4 is 5.32 Å². The normalized spacial score (nSPS) is 19.2. The highest BCUT2D eigenvalue weighted by Crippen LogP contribution is 2.18. The van der Waals surface area contributed by atoms with E-state index in [2.05, 4.69) is 5.32 Å². The minimum Gasteiger partial charge on any atom is -0.480 e. The van der Waals surface area contributed by atoms with E-state index in [0.717, 1.165) is 12.8 Å². The molecular formula is C15H26N2O4. The van der Waals surface area contributed by atoms with Gasteiger partial charge in [-0.15, -0.1) is 0 Å². The largest absolute Gasteiger partial charge is 0.480 e. The summed E-state index contributed by atoms with van der Waals surface area (Å²) in [5.74, 6) is -1.10. The van der Waals surface area contributed by atoms with Crippen molar-refractivity contribution in [2.45, 2.75) is 58.9 Å². The van der Waals surface area contributed by atoms with E-state index in [0.29, 0.717) is 25.9 Å². The molecule has 6 nitrogen and oxygen atoms in total. The Labute approximate surface area is 125 Å². The van der Waals surface area contributed by atoms with Crippen molar-refractivity contribution in [1.82, 2.24) is 10.2 Å². The molecule has 2 N–H and O–H groups in total. The van der Waals surface area contributed by atoms with E-state index >= 15 is 0 Å². The minimum absolute atomic E-state index is 0.0451. The summed E-state index contributed by atoms with van der Waals surface area (Å²) in [5.41, 5.74) is -0.439. The van der Waals surface area contributed by atoms with E-state index in [4.69, 9.17) is 5.11 Å². The number of carboxylic acid groups (broad SMARTS) is 1. The maximum Gasteiger partial charge on any atom is 0.326 e. The first-order valence-corrected chi connectivity index (χ1v) is 7.54. The predicted molar refractivity (Wildman–Crippen MR) is 78.7 cm³/mol. The van der Waals surface area contributed by atoms with E-state index in [-0.39, 0.29) is 18.2 Å². The molecule has 0 radical (unpaired) electrons. The van der Waals surface area contributed by atoms with Crippen LogP contribution in [0, 0.1) is 5.41 Å². The van der Waals surface area contributed by atoms with Crippen LogP contribution in [0.2, 0.25) is 0 Å². The summed E-state index contributed by atoms with van der Waals surface area (Å²) < 4.78 is 0. The van der Waals surface area contributed by atoms with Gasteiger partial charge in [0.05, 0.1) is 0 Å². The number of aliphatic carboxylic acids is 1. The molecule has 2 amide bonds. The number of carbonyl (C=O) groups is 3. The van der Waals surface area contributed by atoms with Gasteiger partial charge in [-0.1, -0.05) is 20.8 Å². The summed E-state index contributed by atoms with van der Waals surface area (Å²) in [6, 6.07) is -0.685. The fourth-order valence-corrected chi connectivity index (χ4v) is 2.34. The Kier molecular flexibility index (Phi) is 6.18. The van der Waals surface area contributed by atoms with Crippen molar-refractivity contribution in [2.75, 3.05) is 13.1 Å². The molecule has 0 aromatic rings. The van der Waals surface area contributed by atoms with E-state index in [1.807, 2.05) is 20.8 Å². The summed E-state index contributed by atoms with van der Waals surface area (Å²) in [6.45, 7) is 6.45. The molecule has 1 atom stereocenters. The molecule has 0 aromatic heterocycles. The second-order valence-electron chi connectivity index (χ2n) is 6.55. The maximum absolute atomic E-state index is 12.1. The van der Waals surface area contributed by atoms with Gasteiger partial charge < -0.3 is 15.3 Å². The summed E-state index contributed by atoms with van der Waals surface area (Å²) in [5, 5.41) is 11.9. The van der Waals surface area contributed by atoms with Crippen LogP contribution in [0.5, 0.6) is 0 Å². The number of nitrogens with one attached hydrogen (secondary N) is 1. The summed E-state index contributed by atoms with van der Waals surface area (Å²) in [7, 11) is 0. The Bertz CT molecular complexity index is 401.